The molecule has 1 atom stereocenters. The summed E-state index contributed by atoms with van der Waals surface area (Å²) < 4.78 is 5.47. The molecule has 0 aromatic heterocycles. The van der Waals surface area contributed by atoms with Crippen molar-refractivity contribution in [1.29, 1.82) is 0 Å². The smallest absolute Gasteiger partial charge is 0.338 e. The molecule has 2 aliphatic rings. The molecule has 192 valence electrons. The summed E-state index contributed by atoms with van der Waals surface area (Å²) in [7, 11) is 0. The fourth-order valence-electron chi connectivity index (χ4n) is 4.76. The molecule has 3 aromatic rings. The molecule has 1 N–H and O–H groups in total. The van der Waals surface area contributed by atoms with Crippen LogP contribution in [0.1, 0.15) is 56.9 Å². The molecule has 0 bridgehead atoms. The van der Waals surface area contributed by atoms with Crippen LogP contribution in [-0.4, -0.2) is 42.2 Å². The van der Waals surface area contributed by atoms with Crippen LogP contribution < -0.4 is 15.1 Å². The summed E-state index contributed by atoms with van der Waals surface area (Å²) in [6.07, 6.45) is 0.654. The van der Waals surface area contributed by atoms with E-state index in [1.807, 2.05) is 24.3 Å². The van der Waals surface area contributed by atoms with Gasteiger partial charge in [0.1, 0.15) is 0 Å². The van der Waals surface area contributed by atoms with Crippen molar-refractivity contribution in [2.45, 2.75) is 32.8 Å². The number of para-hydroxylation sites is 1. The predicted molar refractivity (Wildman–Crippen MR) is 140 cm³/mol. The first-order valence-electron chi connectivity index (χ1n) is 12.3. The van der Waals surface area contributed by atoms with E-state index in [9.17, 15) is 24.0 Å². The van der Waals surface area contributed by atoms with Crippen molar-refractivity contribution in [2.75, 3.05) is 21.7 Å². The van der Waals surface area contributed by atoms with Crippen LogP contribution in [0.4, 0.5) is 17.1 Å². The number of hydrogen-bond donors (Lipinski definition) is 1. The number of aryl methyl sites for hydroxylation is 1. The van der Waals surface area contributed by atoms with E-state index in [1.165, 1.54) is 32.0 Å². The van der Waals surface area contributed by atoms with Gasteiger partial charge < -0.3 is 15.0 Å². The lowest BCUT2D eigenvalue weighted by atomic mass is 10.0. The van der Waals surface area contributed by atoms with Crippen LogP contribution in [-0.2, 0) is 20.7 Å². The number of hydrogen-bond acceptors (Lipinski definition) is 6. The summed E-state index contributed by atoms with van der Waals surface area (Å²) >= 11 is 0. The summed E-state index contributed by atoms with van der Waals surface area (Å²) in [5.74, 6) is -2.44. The molecule has 0 unspecified atom stereocenters. The van der Waals surface area contributed by atoms with Crippen LogP contribution in [0.5, 0.6) is 0 Å². The molecule has 0 saturated heterocycles. The maximum absolute atomic E-state index is 13.1. The van der Waals surface area contributed by atoms with Gasteiger partial charge in [-0.1, -0.05) is 18.2 Å². The minimum absolute atomic E-state index is 0.0615. The first-order valence-corrected chi connectivity index (χ1v) is 12.3. The third-order valence-electron chi connectivity index (χ3n) is 6.58. The van der Waals surface area contributed by atoms with Crippen LogP contribution in [0.2, 0.25) is 0 Å². The minimum atomic E-state index is -1.04. The van der Waals surface area contributed by atoms with Crippen molar-refractivity contribution in [3.63, 3.8) is 0 Å². The van der Waals surface area contributed by atoms with Gasteiger partial charge in [0.05, 0.1) is 22.4 Å². The van der Waals surface area contributed by atoms with Crippen molar-refractivity contribution >= 4 is 46.7 Å². The van der Waals surface area contributed by atoms with Gasteiger partial charge in [0.2, 0.25) is 5.91 Å². The highest BCUT2D eigenvalue weighted by molar-refractivity contribution is 6.34. The predicted octanol–water partition coefficient (Wildman–Crippen LogP) is 3.97. The van der Waals surface area contributed by atoms with Gasteiger partial charge in [-0.3, -0.25) is 19.2 Å². The van der Waals surface area contributed by atoms with Gasteiger partial charge in [-0.15, -0.1) is 0 Å². The van der Waals surface area contributed by atoms with Crippen molar-refractivity contribution in [3.8, 4) is 0 Å². The Morgan fingerprint density at radius 1 is 0.921 bits per heavy atom. The highest BCUT2D eigenvalue weighted by Crippen LogP contribution is 2.31. The summed E-state index contributed by atoms with van der Waals surface area (Å²) in [6, 6.07) is 18.1. The van der Waals surface area contributed by atoms with Crippen molar-refractivity contribution in [2.24, 2.45) is 0 Å². The van der Waals surface area contributed by atoms with Gasteiger partial charge >= 0.3 is 5.97 Å². The van der Waals surface area contributed by atoms with Crippen LogP contribution in [0.3, 0.4) is 0 Å². The van der Waals surface area contributed by atoms with Crippen molar-refractivity contribution in [1.82, 2.24) is 0 Å². The van der Waals surface area contributed by atoms with E-state index in [4.69, 9.17) is 4.74 Å². The van der Waals surface area contributed by atoms with Crippen LogP contribution in [0.25, 0.3) is 0 Å². The van der Waals surface area contributed by atoms with Crippen molar-refractivity contribution < 1.29 is 28.7 Å². The molecular weight excluding hydrogens is 486 g/mol. The molecule has 9 nitrogen and oxygen atoms in total. The number of imide groups is 1. The summed E-state index contributed by atoms with van der Waals surface area (Å²) in [5.41, 5.74) is 3.03. The van der Waals surface area contributed by atoms with E-state index in [0.717, 1.165) is 29.0 Å². The Bertz CT molecular complexity index is 1480. The fourth-order valence-corrected chi connectivity index (χ4v) is 4.76. The minimum Gasteiger partial charge on any atom is -0.449 e. The number of nitrogens with zero attached hydrogens (tertiary/aromatic N) is 2. The van der Waals surface area contributed by atoms with E-state index >= 15 is 0 Å². The summed E-state index contributed by atoms with van der Waals surface area (Å²) in [6.45, 7) is 3.44. The fraction of sp³-hybridized carbons (Fsp3) is 0.207. The number of rotatable bonds is 5. The van der Waals surface area contributed by atoms with Gasteiger partial charge in [0.25, 0.3) is 17.7 Å². The molecule has 0 fully saturated rings. The highest BCUT2D eigenvalue weighted by Gasteiger charge is 2.37. The average molecular weight is 512 g/mol. The third-order valence-corrected chi connectivity index (χ3v) is 6.58. The number of fused-ring (bicyclic) bond motifs is 2. The Morgan fingerprint density at radius 3 is 2.37 bits per heavy atom. The van der Waals surface area contributed by atoms with Crippen molar-refractivity contribution in [3.05, 3.63) is 89.0 Å². The first-order chi connectivity index (χ1) is 18.2. The lowest BCUT2D eigenvalue weighted by Crippen LogP contribution is -2.42. The van der Waals surface area contributed by atoms with E-state index < -0.39 is 23.9 Å². The number of esters is 1. The molecule has 9 heteroatoms. The molecule has 0 radical (unpaired) electrons. The zero-order chi connectivity index (χ0) is 27.0. The zero-order valence-electron chi connectivity index (χ0n) is 20.9. The second kappa shape index (κ2) is 9.93. The molecule has 3 aromatic carbocycles. The number of amides is 4. The summed E-state index contributed by atoms with van der Waals surface area (Å²) in [4.78, 5) is 66.0. The molecular formula is C29H25N3O6. The second-order valence-corrected chi connectivity index (χ2v) is 9.20. The van der Waals surface area contributed by atoms with Gasteiger partial charge in [-0.2, -0.15) is 0 Å². The monoisotopic (exact) mass is 511 g/mol. The topological polar surface area (TPSA) is 113 Å². The van der Waals surface area contributed by atoms with E-state index in [2.05, 4.69) is 5.32 Å². The molecule has 2 heterocycles. The SMILES string of the molecule is CC(=O)Nc1ccc(N2C(=O)c3ccc(C(=O)O[C@H](C)C(=O)N4CCCc5ccccc54)cc3C2=O)cc1. The molecule has 2 aliphatic heterocycles. The Balaban J connectivity index is 1.31. The average Bonchev–Trinajstić information content (AvgIpc) is 3.17. The van der Waals surface area contributed by atoms with E-state index in [1.54, 1.807) is 29.2 Å². The third kappa shape index (κ3) is 4.54. The Kier molecular flexibility index (Phi) is 6.50. The number of anilines is 3. The Morgan fingerprint density at radius 2 is 1.63 bits per heavy atom. The van der Waals surface area contributed by atoms with Crippen LogP contribution in [0, 0.1) is 0 Å². The molecule has 38 heavy (non-hydrogen) atoms. The highest BCUT2D eigenvalue weighted by atomic mass is 16.5. The van der Waals surface area contributed by atoms with Gasteiger partial charge in [0.15, 0.2) is 6.10 Å². The lowest BCUT2D eigenvalue weighted by Gasteiger charge is -2.31. The number of carbonyl (C=O) groups is 5. The Labute approximate surface area is 219 Å². The number of carbonyl (C=O) groups excluding carboxylic acids is 5. The summed E-state index contributed by atoms with van der Waals surface area (Å²) in [5, 5.41) is 2.63. The standard InChI is InChI=1S/C29H25N3O6/c1-17(26(34)31-15-5-7-19-6-3-4-8-25(19)31)38-29(37)20-9-14-23-24(16-20)28(36)32(27(23)35)22-12-10-21(11-13-22)30-18(2)33/h3-4,6,8-14,16-17H,5,7,15H2,1-2H3,(H,30,33)/t17-/m1/s1. The van der Waals surface area contributed by atoms with E-state index in [-0.39, 0.29) is 28.5 Å². The van der Waals surface area contributed by atoms with Gasteiger partial charge in [-0.05, 0) is 73.9 Å². The van der Waals surface area contributed by atoms with Crippen LogP contribution >= 0.6 is 0 Å². The van der Waals surface area contributed by atoms with E-state index in [0.29, 0.717) is 17.9 Å². The lowest BCUT2D eigenvalue weighted by molar-refractivity contribution is -0.126. The maximum atomic E-state index is 13.1. The number of benzene rings is 3. The van der Waals surface area contributed by atoms with Gasteiger partial charge in [-0.25, -0.2) is 9.69 Å². The largest absolute Gasteiger partial charge is 0.449 e. The zero-order valence-corrected chi connectivity index (χ0v) is 20.9. The molecule has 4 amide bonds. The quantitative estimate of drug-likeness (QED) is 0.410. The molecule has 0 saturated carbocycles. The molecule has 0 spiro atoms. The van der Waals surface area contributed by atoms with Gasteiger partial charge in [0, 0.05) is 24.8 Å². The molecule has 0 aliphatic carbocycles. The Hall–Kier alpha value is -4.79. The normalized spacial score (nSPS) is 15.0. The second-order valence-electron chi connectivity index (χ2n) is 9.20. The number of ether oxygens (including phenoxy) is 1. The number of nitrogens with one attached hydrogen (secondary N) is 1. The first kappa shape index (κ1) is 24.9. The van der Waals surface area contributed by atoms with Crippen LogP contribution in [0.15, 0.2) is 66.7 Å². The maximum Gasteiger partial charge on any atom is 0.338 e. The molecule has 5 rings (SSSR count).